The van der Waals surface area contributed by atoms with Crippen LogP contribution in [0.5, 0.6) is 0 Å². The highest BCUT2D eigenvalue weighted by Crippen LogP contribution is 2.42. The molecule has 3 atom stereocenters. The van der Waals surface area contributed by atoms with Gasteiger partial charge in [-0.2, -0.15) is 0 Å². The van der Waals surface area contributed by atoms with Crippen LogP contribution in [0, 0.1) is 5.92 Å². The maximum atomic E-state index is 6.02. The summed E-state index contributed by atoms with van der Waals surface area (Å²) in [6.07, 6.45) is 13.6. The highest BCUT2D eigenvalue weighted by Gasteiger charge is 2.42. The number of hydrogen-bond acceptors (Lipinski definition) is 2. The van der Waals surface area contributed by atoms with E-state index in [1.54, 1.807) is 0 Å². The van der Waals surface area contributed by atoms with Crippen molar-refractivity contribution in [2.45, 2.75) is 88.8 Å². The predicted octanol–water partition coefficient (Wildman–Crippen LogP) is 3.65. The average Bonchev–Trinajstić information content (AvgIpc) is 2.37. The molecular weight excluding hydrogens is 222 g/mol. The second-order valence-electron chi connectivity index (χ2n) is 6.88. The lowest BCUT2D eigenvalue weighted by molar-refractivity contribution is -0.136. The predicted molar refractivity (Wildman–Crippen MR) is 74.7 cm³/mol. The standard InChI is InChI=1S/C16H29NO/c1-2-13-5-3-6-14(11-13)17-15-7-10-18-16(12-15)8-4-9-16/h13-15,17H,2-12H2,1H3. The van der Waals surface area contributed by atoms with Crippen molar-refractivity contribution in [2.75, 3.05) is 6.61 Å². The van der Waals surface area contributed by atoms with Gasteiger partial charge >= 0.3 is 0 Å². The summed E-state index contributed by atoms with van der Waals surface area (Å²) in [4.78, 5) is 0. The van der Waals surface area contributed by atoms with E-state index in [1.165, 1.54) is 64.2 Å². The van der Waals surface area contributed by atoms with Gasteiger partial charge in [0.25, 0.3) is 0 Å². The molecule has 3 rings (SSSR count). The molecule has 2 aliphatic carbocycles. The van der Waals surface area contributed by atoms with Gasteiger partial charge in [0.1, 0.15) is 0 Å². The van der Waals surface area contributed by atoms with E-state index in [4.69, 9.17) is 4.74 Å². The van der Waals surface area contributed by atoms with Crippen LogP contribution in [0.2, 0.25) is 0 Å². The largest absolute Gasteiger partial charge is 0.375 e. The van der Waals surface area contributed by atoms with Gasteiger partial charge in [-0.25, -0.2) is 0 Å². The molecule has 0 aromatic rings. The highest BCUT2D eigenvalue weighted by atomic mass is 16.5. The minimum atomic E-state index is 0.300. The summed E-state index contributed by atoms with van der Waals surface area (Å²) < 4.78 is 6.02. The minimum Gasteiger partial charge on any atom is -0.375 e. The van der Waals surface area contributed by atoms with Gasteiger partial charge in [0.05, 0.1) is 5.60 Å². The fourth-order valence-electron chi connectivity index (χ4n) is 4.24. The molecule has 2 heteroatoms. The highest BCUT2D eigenvalue weighted by molar-refractivity contribution is 4.97. The van der Waals surface area contributed by atoms with E-state index in [0.29, 0.717) is 5.60 Å². The summed E-state index contributed by atoms with van der Waals surface area (Å²) in [5, 5.41) is 3.97. The van der Waals surface area contributed by atoms with E-state index in [9.17, 15) is 0 Å². The normalized spacial score (nSPS) is 39.5. The van der Waals surface area contributed by atoms with Gasteiger partial charge in [-0.3, -0.25) is 0 Å². The quantitative estimate of drug-likeness (QED) is 0.826. The Hall–Kier alpha value is -0.0800. The van der Waals surface area contributed by atoms with E-state index in [0.717, 1.165) is 24.6 Å². The lowest BCUT2D eigenvalue weighted by Crippen LogP contribution is -2.53. The smallest absolute Gasteiger partial charge is 0.0697 e. The van der Waals surface area contributed by atoms with Crippen molar-refractivity contribution in [1.29, 1.82) is 0 Å². The summed E-state index contributed by atoms with van der Waals surface area (Å²) in [5.74, 6) is 0.980. The van der Waals surface area contributed by atoms with Crippen LogP contribution in [0.25, 0.3) is 0 Å². The van der Waals surface area contributed by atoms with Gasteiger partial charge in [0.2, 0.25) is 0 Å². The van der Waals surface area contributed by atoms with Crippen LogP contribution in [-0.2, 0) is 4.74 Å². The molecule has 18 heavy (non-hydrogen) atoms. The van der Waals surface area contributed by atoms with Crippen molar-refractivity contribution in [1.82, 2.24) is 5.32 Å². The number of hydrogen-bond donors (Lipinski definition) is 1. The fraction of sp³-hybridized carbons (Fsp3) is 1.00. The first-order valence-electron chi connectivity index (χ1n) is 8.20. The van der Waals surface area contributed by atoms with Gasteiger partial charge in [0, 0.05) is 18.7 Å². The number of ether oxygens (including phenoxy) is 1. The number of nitrogens with one attached hydrogen (secondary N) is 1. The zero-order valence-corrected chi connectivity index (χ0v) is 11.9. The lowest BCUT2D eigenvalue weighted by Gasteiger charge is -2.48. The van der Waals surface area contributed by atoms with Crippen molar-refractivity contribution < 1.29 is 4.74 Å². The van der Waals surface area contributed by atoms with Gasteiger partial charge in [-0.05, 0) is 50.9 Å². The summed E-state index contributed by atoms with van der Waals surface area (Å²) in [6.45, 7) is 3.34. The van der Waals surface area contributed by atoms with E-state index in [-0.39, 0.29) is 0 Å². The first-order valence-corrected chi connectivity index (χ1v) is 8.20. The third-order valence-electron chi connectivity index (χ3n) is 5.59. The molecule has 1 saturated heterocycles. The Kier molecular flexibility index (Phi) is 3.95. The van der Waals surface area contributed by atoms with Crippen molar-refractivity contribution in [3.8, 4) is 0 Å². The van der Waals surface area contributed by atoms with Crippen molar-refractivity contribution >= 4 is 0 Å². The van der Waals surface area contributed by atoms with Gasteiger partial charge in [-0.1, -0.05) is 26.2 Å². The molecule has 3 unspecified atom stereocenters. The molecule has 1 spiro atoms. The van der Waals surface area contributed by atoms with Crippen LogP contribution in [0.15, 0.2) is 0 Å². The van der Waals surface area contributed by atoms with Gasteiger partial charge < -0.3 is 10.1 Å². The monoisotopic (exact) mass is 251 g/mol. The molecule has 0 aromatic carbocycles. The van der Waals surface area contributed by atoms with E-state index < -0.39 is 0 Å². The van der Waals surface area contributed by atoms with Gasteiger partial charge in [-0.15, -0.1) is 0 Å². The van der Waals surface area contributed by atoms with E-state index in [2.05, 4.69) is 12.2 Å². The Balaban J connectivity index is 1.49. The molecule has 2 saturated carbocycles. The van der Waals surface area contributed by atoms with Crippen molar-refractivity contribution in [2.24, 2.45) is 5.92 Å². The Bertz CT molecular complexity index is 274. The third kappa shape index (κ3) is 2.75. The fourth-order valence-corrected chi connectivity index (χ4v) is 4.24. The van der Waals surface area contributed by atoms with E-state index in [1.807, 2.05) is 0 Å². The second kappa shape index (κ2) is 5.50. The summed E-state index contributed by atoms with van der Waals surface area (Å²) in [6, 6.07) is 1.53. The molecule has 0 bridgehead atoms. The molecular formula is C16H29NO. The van der Waals surface area contributed by atoms with Crippen LogP contribution in [0.3, 0.4) is 0 Å². The second-order valence-corrected chi connectivity index (χ2v) is 6.88. The summed E-state index contributed by atoms with van der Waals surface area (Å²) in [5.41, 5.74) is 0.300. The lowest BCUT2D eigenvalue weighted by atomic mass is 9.73. The Morgan fingerprint density at radius 3 is 2.72 bits per heavy atom. The zero-order valence-electron chi connectivity index (χ0n) is 11.9. The molecule has 104 valence electrons. The van der Waals surface area contributed by atoms with E-state index >= 15 is 0 Å². The molecule has 0 amide bonds. The molecule has 2 nitrogen and oxygen atoms in total. The molecule has 1 N–H and O–H groups in total. The average molecular weight is 251 g/mol. The van der Waals surface area contributed by atoms with Crippen molar-refractivity contribution in [3.63, 3.8) is 0 Å². The Labute approximate surface area is 112 Å². The van der Waals surface area contributed by atoms with Gasteiger partial charge in [0.15, 0.2) is 0 Å². The molecule has 1 aliphatic heterocycles. The molecule has 0 radical (unpaired) electrons. The van der Waals surface area contributed by atoms with Crippen LogP contribution in [0.1, 0.15) is 71.1 Å². The minimum absolute atomic E-state index is 0.300. The maximum absolute atomic E-state index is 6.02. The van der Waals surface area contributed by atoms with Crippen LogP contribution < -0.4 is 5.32 Å². The van der Waals surface area contributed by atoms with Crippen LogP contribution >= 0.6 is 0 Å². The summed E-state index contributed by atoms with van der Waals surface area (Å²) >= 11 is 0. The zero-order chi connectivity index (χ0) is 12.4. The topological polar surface area (TPSA) is 21.3 Å². The third-order valence-corrected chi connectivity index (χ3v) is 5.59. The molecule has 1 heterocycles. The van der Waals surface area contributed by atoms with Crippen LogP contribution in [0.4, 0.5) is 0 Å². The summed E-state index contributed by atoms with van der Waals surface area (Å²) in [7, 11) is 0. The Morgan fingerprint density at radius 2 is 2.00 bits per heavy atom. The number of rotatable bonds is 3. The molecule has 0 aromatic heterocycles. The molecule has 3 aliphatic rings. The first-order chi connectivity index (χ1) is 8.80. The molecule has 3 fully saturated rings. The Morgan fingerprint density at radius 1 is 1.11 bits per heavy atom. The maximum Gasteiger partial charge on any atom is 0.0697 e. The SMILES string of the molecule is CCC1CCCC(NC2CCOC3(CCC3)C2)C1. The first kappa shape index (κ1) is 12.9. The van der Waals surface area contributed by atoms with Crippen LogP contribution in [-0.4, -0.2) is 24.3 Å². The van der Waals surface area contributed by atoms with Crippen molar-refractivity contribution in [3.05, 3.63) is 0 Å².